The van der Waals surface area contributed by atoms with Gasteiger partial charge in [0.1, 0.15) is 0 Å². The van der Waals surface area contributed by atoms with Crippen LogP contribution in [0.4, 0.5) is 11.4 Å². The highest BCUT2D eigenvalue weighted by Gasteiger charge is 2.25. The first-order valence-electron chi connectivity index (χ1n) is 9.57. The van der Waals surface area contributed by atoms with Gasteiger partial charge >= 0.3 is 0 Å². The van der Waals surface area contributed by atoms with Crippen molar-refractivity contribution in [3.8, 4) is 0 Å². The molecule has 1 amide bonds. The Labute approximate surface area is 179 Å². The Morgan fingerprint density at radius 2 is 1.80 bits per heavy atom. The number of amides is 1. The summed E-state index contributed by atoms with van der Waals surface area (Å²) in [6.07, 6.45) is 5.42. The smallest absolute Gasteiger partial charge is 0.283 e. The molecule has 1 aliphatic rings. The largest absolute Gasteiger partial charge is 0.322 e. The number of sulfonamides is 1. The maximum Gasteiger partial charge on any atom is 0.283 e. The van der Waals surface area contributed by atoms with Crippen molar-refractivity contribution in [2.75, 3.05) is 24.7 Å². The van der Waals surface area contributed by atoms with Gasteiger partial charge < -0.3 is 5.32 Å². The Kier molecular flexibility index (Phi) is 7.11. The van der Waals surface area contributed by atoms with E-state index < -0.39 is 20.9 Å². The first kappa shape index (κ1) is 22.3. The van der Waals surface area contributed by atoms with Crippen molar-refractivity contribution in [3.05, 3.63) is 58.1 Å². The Morgan fingerprint density at radius 3 is 2.43 bits per heavy atom. The third kappa shape index (κ3) is 5.00. The summed E-state index contributed by atoms with van der Waals surface area (Å²) < 4.78 is 27.4. The standard InChI is InChI=1S/C20H23N3O5S2/c1-29-19-10-9-15(13-18(19)23(25)26)20(24)21-16-7-6-8-17(14-16)30(27,28)22-11-4-2-3-5-12-22/h6-10,13-14H,2-5,11-12H2,1H3,(H,21,24). The summed E-state index contributed by atoms with van der Waals surface area (Å²) in [5.74, 6) is -0.546. The second kappa shape index (κ2) is 9.59. The van der Waals surface area contributed by atoms with Gasteiger partial charge in [0.15, 0.2) is 0 Å². The summed E-state index contributed by atoms with van der Waals surface area (Å²) in [5.41, 5.74) is 0.292. The molecule has 30 heavy (non-hydrogen) atoms. The zero-order valence-corrected chi connectivity index (χ0v) is 18.2. The number of nitro benzene ring substituents is 1. The minimum absolute atomic E-state index is 0.117. The van der Waals surface area contributed by atoms with Crippen LogP contribution in [-0.2, 0) is 10.0 Å². The van der Waals surface area contributed by atoms with E-state index in [1.54, 1.807) is 18.4 Å². The molecule has 0 atom stereocenters. The number of hydrogen-bond donors (Lipinski definition) is 1. The van der Waals surface area contributed by atoms with Crippen LogP contribution in [0.2, 0.25) is 0 Å². The highest BCUT2D eigenvalue weighted by atomic mass is 32.2. The fourth-order valence-corrected chi connectivity index (χ4v) is 5.45. The molecule has 1 aliphatic heterocycles. The number of nitro groups is 1. The van der Waals surface area contributed by atoms with E-state index in [1.165, 1.54) is 46.4 Å². The number of hydrogen-bond acceptors (Lipinski definition) is 6. The summed E-state index contributed by atoms with van der Waals surface area (Å²) in [7, 11) is -3.65. The van der Waals surface area contributed by atoms with E-state index in [1.807, 2.05) is 0 Å². The first-order chi connectivity index (χ1) is 14.3. The van der Waals surface area contributed by atoms with E-state index in [0.29, 0.717) is 23.7 Å². The zero-order chi connectivity index (χ0) is 21.7. The average Bonchev–Trinajstić information content (AvgIpc) is 3.03. The molecule has 3 rings (SSSR count). The number of rotatable bonds is 6. The van der Waals surface area contributed by atoms with Crippen molar-refractivity contribution >= 4 is 39.1 Å². The zero-order valence-electron chi connectivity index (χ0n) is 16.5. The van der Waals surface area contributed by atoms with Crippen molar-refractivity contribution in [1.29, 1.82) is 0 Å². The summed E-state index contributed by atoms with van der Waals surface area (Å²) in [5, 5.41) is 13.9. The fourth-order valence-electron chi connectivity index (χ4n) is 3.34. The van der Waals surface area contributed by atoms with Gasteiger partial charge in [-0.15, -0.1) is 11.8 Å². The van der Waals surface area contributed by atoms with Crippen molar-refractivity contribution in [3.63, 3.8) is 0 Å². The number of carbonyl (C=O) groups is 1. The number of carbonyl (C=O) groups excluding carboxylic acids is 1. The van der Waals surface area contributed by atoms with Gasteiger partial charge in [-0.1, -0.05) is 18.9 Å². The Balaban J connectivity index is 1.82. The van der Waals surface area contributed by atoms with Crippen LogP contribution in [0.25, 0.3) is 0 Å². The minimum Gasteiger partial charge on any atom is -0.322 e. The van der Waals surface area contributed by atoms with Gasteiger partial charge in [0.05, 0.1) is 14.7 Å². The quantitative estimate of drug-likeness (QED) is 0.403. The van der Waals surface area contributed by atoms with Crippen LogP contribution in [0.5, 0.6) is 0 Å². The molecule has 1 fully saturated rings. The van der Waals surface area contributed by atoms with Crippen LogP contribution < -0.4 is 5.32 Å². The summed E-state index contributed by atoms with van der Waals surface area (Å²) in [4.78, 5) is 23.9. The number of benzene rings is 2. The fraction of sp³-hybridized carbons (Fsp3) is 0.350. The van der Waals surface area contributed by atoms with Crippen LogP contribution in [0.3, 0.4) is 0 Å². The predicted molar refractivity (Wildman–Crippen MR) is 116 cm³/mol. The Hall–Kier alpha value is -2.43. The van der Waals surface area contributed by atoms with Gasteiger partial charge in [0.2, 0.25) is 10.0 Å². The lowest BCUT2D eigenvalue weighted by Gasteiger charge is -2.20. The maximum atomic E-state index is 13.0. The third-order valence-electron chi connectivity index (χ3n) is 4.93. The summed E-state index contributed by atoms with van der Waals surface area (Å²) in [6.45, 7) is 0.981. The Morgan fingerprint density at radius 1 is 1.10 bits per heavy atom. The van der Waals surface area contributed by atoms with E-state index in [4.69, 9.17) is 0 Å². The second-order valence-corrected chi connectivity index (χ2v) is 9.73. The lowest BCUT2D eigenvalue weighted by molar-refractivity contribution is -0.387. The Bertz CT molecular complexity index is 1050. The molecule has 160 valence electrons. The highest BCUT2D eigenvalue weighted by Crippen LogP contribution is 2.29. The lowest BCUT2D eigenvalue weighted by Crippen LogP contribution is -2.32. The molecule has 0 unspecified atom stereocenters. The predicted octanol–water partition coefficient (Wildman–Crippen LogP) is 4.13. The molecule has 0 spiro atoms. The van der Waals surface area contributed by atoms with Gasteiger partial charge in [0, 0.05) is 30.4 Å². The molecule has 8 nitrogen and oxygen atoms in total. The van der Waals surface area contributed by atoms with E-state index in [9.17, 15) is 23.3 Å². The number of nitrogens with zero attached hydrogens (tertiary/aromatic N) is 2. The van der Waals surface area contributed by atoms with Crippen molar-refractivity contribution in [2.45, 2.75) is 35.5 Å². The molecule has 1 heterocycles. The topological polar surface area (TPSA) is 110 Å². The third-order valence-corrected chi connectivity index (χ3v) is 7.61. The molecule has 1 saturated heterocycles. The molecule has 1 N–H and O–H groups in total. The van der Waals surface area contributed by atoms with Crippen molar-refractivity contribution in [1.82, 2.24) is 4.31 Å². The molecule has 2 aromatic carbocycles. The minimum atomic E-state index is -3.65. The molecule has 0 saturated carbocycles. The highest BCUT2D eigenvalue weighted by molar-refractivity contribution is 7.98. The van der Waals surface area contributed by atoms with Crippen LogP contribution in [0, 0.1) is 10.1 Å². The van der Waals surface area contributed by atoms with Crippen molar-refractivity contribution in [2.24, 2.45) is 0 Å². The van der Waals surface area contributed by atoms with Gasteiger partial charge in [-0.05, 0) is 49.4 Å². The molecule has 0 radical (unpaired) electrons. The van der Waals surface area contributed by atoms with Gasteiger partial charge in [-0.2, -0.15) is 4.31 Å². The molecule has 0 aliphatic carbocycles. The molecule has 0 bridgehead atoms. The molecule has 10 heteroatoms. The van der Waals surface area contributed by atoms with Gasteiger partial charge in [0.25, 0.3) is 11.6 Å². The van der Waals surface area contributed by atoms with Crippen LogP contribution in [-0.4, -0.2) is 42.9 Å². The molecular formula is C20H23N3O5S2. The maximum absolute atomic E-state index is 13.0. The SMILES string of the molecule is CSc1ccc(C(=O)Nc2cccc(S(=O)(=O)N3CCCCCC3)c2)cc1[N+](=O)[O-]. The van der Waals surface area contributed by atoms with E-state index in [0.717, 1.165) is 25.7 Å². The molecular weight excluding hydrogens is 426 g/mol. The summed E-state index contributed by atoms with van der Waals surface area (Å²) in [6, 6.07) is 10.3. The number of thioether (sulfide) groups is 1. The van der Waals surface area contributed by atoms with Crippen LogP contribution in [0.15, 0.2) is 52.3 Å². The number of anilines is 1. The molecule has 0 aromatic heterocycles. The average molecular weight is 450 g/mol. The first-order valence-corrected chi connectivity index (χ1v) is 12.2. The van der Waals surface area contributed by atoms with Crippen LogP contribution in [0.1, 0.15) is 36.0 Å². The van der Waals surface area contributed by atoms with Gasteiger partial charge in [-0.3, -0.25) is 14.9 Å². The van der Waals surface area contributed by atoms with Crippen LogP contribution >= 0.6 is 11.8 Å². The monoisotopic (exact) mass is 449 g/mol. The lowest BCUT2D eigenvalue weighted by atomic mass is 10.2. The van der Waals surface area contributed by atoms with E-state index in [2.05, 4.69) is 5.32 Å². The molecule has 2 aromatic rings. The van der Waals surface area contributed by atoms with E-state index >= 15 is 0 Å². The number of nitrogens with one attached hydrogen (secondary N) is 1. The second-order valence-electron chi connectivity index (χ2n) is 6.94. The summed E-state index contributed by atoms with van der Waals surface area (Å²) >= 11 is 1.22. The van der Waals surface area contributed by atoms with Gasteiger partial charge in [-0.25, -0.2) is 8.42 Å². The van der Waals surface area contributed by atoms with Crippen molar-refractivity contribution < 1.29 is 18.1 Å². The normalized spacial score (nSPS) is 15.4. The van der Waals surface area contributed by atoms with E-state index in [-0.39, 0.29) is 16.1 Å².